The van der Waals surface area contributed by atoms with E-state index in [9.17, 15) is 4.79 Å². The van der Waals surface area contributed by atoms with Crippen LogP contribution in [-0.4, -0.2) is 56.7 Å². The fourth-order valence-electron chi connectivity index (χ4n) is 2.69. The lowest BCUT2D eigenvalue weighted by Crippen LogP contribution is -2.51. The molecule has 1 aliphatic heterocycles. The summed E-state index contributed by atoms with van der Waals surface area (Å²) in [7, 11) is 1.46. The van der Waals surface area contributed by atoms with Gasteiger partial charge in [0.2, 0.25) is 0 Å². The average molecular weight is 271 g/mol. The second-order valence-electron chi connectivity index (χ2n) is 5.93. The van der Waals surface area contributed by atoms with E-state index in [1.54, 1.807) is 0 Å². The molecular formula is C14H29N3O2. The molecule has 2 unspecified atom stereocenters. The molecule has 5 nitrogen and oxygen atoms in total. The van der Waals surface area contributed by atoms with Crippen LogP contribution in [0.2, 0.25) is 0 Å². The number of piperidine rings is 1. The number of ether oxygens (including phenoxy) is 1. The van der Waals surface area contributed by atoms with E-state index < -0.39 is 0 Å². The number of methoxy groups -OCH3 is 1. The summed E-state index contributed by atoms with van der Waals surface area (Å²) < 4.78 is 4.78. The zero-order valence-corrected chi connectivity index (χ0v) is 12.5. The molecule has 0 bridgehead atoms. The molecule has 0 saturated carbocycles. The van der Waals surface area contributed by atoms with E-state index in [1.165, 1.54) is 7.11 Å². The molecule has 0 aromatic heterocycles. The summed E-state index contributed by atoms with van der Waals surface area (Å²) in [4.78, 5) is 13.8. The van der Waals surface area contributed by atoms with E-state index in [1.807, 2.05) is 0 Å². The van der Waals surface area contributed by atoms with E-state index in [-0.39, 0.29) is 5.97 Å². The van der Waals surface area contributed by atoms with Crippen LogP contribution in [0.25, 0.3) is 0 Å². The number of esters is 1. The zero-order chi connectivity index (χ0) is 14.3. The van der Waals surface area contributed by atoms with Crippen LogP contribution in [0, 0.1) is 11.8 Å². The Labute approximate surface area is 116 Å². The Morgan fingerprint density at radius 2 is 2.21 bits per heavy atom. The van der Waals surface area contributed by atoms with Crippen molar-refractivity contribution in [2.24, 2.45) is 17.6 Å². The minimum absolute atomic E-state index is 0.109. The number of carbonyl (C=O) groups excluding carboxylic acids is 1. The molecule has 1 aliphatic rings. The van der Waals surface area contributed by atoms with Gasteiger partial charge < -0.3 is 20.7 Å². The number of hydrogen-bond donors (Lipinski definition) is 2. The van der Waals surface area contributed by atoms with Crippen molar-refractivity contribution in [3.63, 3.8) is 0 Å². The van der Waals surface area contributed by atoms with Gasteiger partial charge in [0.25, 0.3) is 0 Å². The van der Waals surface area contributed by atoms with Gasteiger partial charge in [-0.3, -0.25) is 4.79 Å². The Hall–Kier alpha value is -0.650. The Kier molecular flexibility index (Phi) is 7.34. The Bertz CT molecular complexity index is 271. The molecule has 0 spiro atoms. The van der Waals surface area contributed by atoms with Crippen molar-refractivity contribution in [3.8, 4) is 0 Å². The highest BCUT2D eigenvalue weighted by Gasteiger charge is 2.28. The molecule has 2 atom stereocenters. The van der Waals surface area contributed by atoms with Crippen LogP contribution >= 0.6 is 0 Å². The number of rotatable bonds is 7. The predicted octanol–water partition coefficient (Wildman–Crippen LogP) is 0.444. The first-order valence-corrected chi connectivity index (χ1v) is 7.27. The molecule has 1 fully saturated rings. The topological polar surface area (TPSA) is 67.6 Å². The maximum absolute atomic E-state index is 11.4. The van der Waals surface area contributed by atoms with Crippen molar-refractivity contribution in [1.82, 2.24) is 10.2 Å². The molecule has 1 saturated heterocycles. The average Bonchev–Trinajstić information content (AvgIpc) is 2.36. The van der Waals surface area contributed by atoms with Gasteiger partial charge in [0.1, 0.15) is 0 Å². The summed E-state index contributed by atoms with van der Waals surface area (Å²) >= 11 is 0. The van der Waals surface area contributed by atoms with E-state index in [0.29, 0.717) is 30.8 Å². The normalized spacial score (nSPS) is 24.7. The maximum Gasteiger partial charge on any atom is 0.305 e. The van der Waals surface area contributed by atoms with Gasteiger partial charge in [-0.15, -0.1) is 0 Å². The van der Waals surface area contributed by atoms with Gasteiger partial charge in [-0.1, -0.05) is 13.8 Å². The van der Waals surface area contributed by atoms with Gasteiger partial charge in [-0.05, 0) is 24.8 Å². The van der Waals surface area contributed by atoms with Crippen molar-refractivity contribution in [3.05, 3.63) is 0 Å². The van der Waals surface area contributed by atoms with Crippen LogP contribution in [0.5, 0.6) is 0 Å². The third kappa shape index (κ3) is 6.36. The summed E-state index contributed by atoms with van der Waals surface area (Å²) in [5.74, 6) is 0.906. The fraction of sp³-hybridized carbons (Fsp3) is 0.929. The number of likely N-dealkylation sites (tertiary alicyclic amines) is 1. The zero-order valence-electron chi connectivity index (χ0n) is 12.5. The van der Waals surface area contributed by atoms with E-state index >= 15 is 0 Å². The Balaban J connectivity index is 2.49. The largest absolute Gasteiger partial charge is 0.469 e. The summed E-state index contributed by atoms with van der Waals surface area (Å²) in [5.41, 5.74) is 5.65. The first kappa shape index (κ1) is 16.4. The van der Waals surface area contributed by atoms with E-state index in [4.69, 9.17) is 10.5 Å². The third-order valence-corrected chi connectivity index (χ3v) is 3.56. The first-order chi connectivity index (χ1) is 9.05. The van der Waals surface area contributed by atoms with Gasteiger partial charge in [0.05, 0.1) is 7.11 Å². The second kappa shape index (κ2) is 8.51. The highest BCUT2D eigenvalue weighted by molar-refractivity contribution is 5.69. The standard InChI is InChI=1S/C14H29N3O2/c1-11(2)8-16-13-6-12(7-14(18)19-3)9-17(10-13)5-4-15/h11-13,16H,4-10,15H2,1-3H3. The second-order valence-corrected chi connectivity index (χ2v) is 5.93. The number of nitrogens with one attached hydrogen (secondary N) is 1. The Morgan fingerprint density at radius 1 is 1.47 bits per heavy atom. The molecule has 19 heavy (non-hydrogen) atoms. The van der Waals surface area contributed by atoms with Crippen molar-refractivity contribution >= 4 is 5.97 Å². The molecule has 1 rings (SSSR count). The van der Waals surface area contributed by atoms with Crippen molar-refractivity contribution < 1.29 is 9.53 Å². The summed E-state index contributed by atoms with van der Waals surface area (Å²) in [5, 5.41) is 3.60. The van der Waals surface area contributed by atoms with Gasteiger partial charge >= 0.3 is 5.97 Å². The maximum atomic E-state index is 11.4. The molecule has 5 heteroatoms. The lowest BCUT2D eigenvalue weighted by Gasteiger charge is -2.38. The quantitative estimate of drug-likeness (QED) is 0.658. The SMILES string of the molecule is COC(=O)CC1CC(NCC(C)C)CN(CCN)C1. The van der Waals surface area contributed by atoms with Gasteiger partial charge in [-0.2, -0.15) is 0 Å². The molecule has 0 amide bonds. The number of carbonyl (C=O) groups is 1. The molecule has 0 radical (unpaired) electrons. The van der Waals surface area contributed by atoms with E-state index in [2.05, 4.69) is 24.1 Å². The van der Waals surface area contributed by atoms with Gasteiger partial charge in [0.15, 0.2) is 0 Å². The van der Waals surface area contributed by atoms with Crippen LogP contribution in [0.1, 0.15) is 26.7 Å². The van der Waals surface area contributed by atoms with Crippen LogP contribution < -0.4 is 11.1 Å². The molecule has 1 heterocycles. The Morgan fingerprint density at radius 3 is 2.79 bits per heavy atom. The lowest BCUT2D eigenvalue weighted by atomic mass is 9.91. The number of nitrogens with two attached hydrogens (primary N) is 1. The minimum atomic E-state index is -0.109. The van der Waals surface area contributed by atoms with Crippen molar-refractivity contribution in [2.75, 3.05) is 39.8 Å². The molecule has 3 N–H and O–H groups in total. The highest BCUT2D eigenvalue weighted by atomic mass is 16.5. The van der Waals surface area contributed by atoms with E-state index in [0.717, 1.165) is 32.6 Å². The monoisotopic (exact) mass is 271 g/mol. The number of hydrogen-bond acceptors (Lipinski definition) is 5. The first-order valence-electron chi connectivity index (χ1n) is 7.27. The van der Waals surface area contributed by atoms with Gasteiger partial charge in [-0.25, -0.2) is 0 Å². The van der Waals surface area contributed by atoms with Crippen LogP contribution in [-0.2, 0) is 9.53 Å². The highest BCUT2D eigenvalue weighted by Crippen LogP contribution is 2.20. The van der Waals surface area contributed by atoms with Crippen LogP contribution in [0.15, 0.2) is 0 Å². The molecular weight excluding hydrogens is 242 g/mol. The minimum Gasteiger partial charge on any atom is -0.469 e. The van der Waals surface area contributed by atoms with Crippen LogP contribution in [0.3, 0.4) is 0 Å². The molecule has 0 aromatic carbocycles. The molecule has 0 aliphatic carbocycles. The molecule has 0 aromatic rings. The lowest BCUT2D eigenvalue weighted by molar-refractivity contribution is -0.142. The summed E-state index contributed by atoms with van der Waals surface area (Å²) in [6.45, 7) is 8.98. The van der Waals surface area contributed by atoms with Crippen molar-refractivity contribution in [2.45, 2.75) is 32.7 Å². The van der Waals surface area contributed by atoms with Crippen LogP contribution in [0.4, 0.5) is 0 Å². The summed E-state index contributed by atoms with van der Waals surface area (Å²) in [6.07, 6.45) is 1.56. The molecule has 112 valence electrons. The van der Waals surface area contributed by atoms with Crippen molar-refractivity contribution in [1.29, 1.82) is 0 Å². The smallest absolute Gasteiger partial charge is 0.305 e. The summed E-state index contributed by atoms with van der Waals surface area (Å²) in [6, 6.07) is 0.456. The fourth-order valence-corrected chi connectivity index (χ4v) is 2.69. The third-order valence-electron chi connectivity index (χ3n) is 3.56. The predicted molar refractivity (Wildman–Crippen MR) is 76.9 cm³/mol. The number of nitrogens with zero attached hydrogens (tertiary/aromatic N) is 1. The van der Waals surface area contributed by atoms with Gasteiger partial charge in [0, 0.05) is 38.6 Å².